The summed E-state index contributed by atoms with van der Waals surface area (Å²) in [6.45, 7) is 2.81. The van der Waals surface area contributed by atoms with Gasteiger partial charge in [0.05, 0.1) is 12.7 Å². The summed E-state index contributed by atoms with van der Waals surface area (Å²) in [6.07, 6.45) is 0.990. The Morgan fingerprint density at radius 3 is 2.80 bits per heavy atom. The molecule has 0 aromatic heterocycles. The third-order valence-electron chi connectivity index (χ3n) is 2.35. The van der Waals surface area contributed by atoms with Gasteiger partial charge in [0.15, 0.2) is 5.79 Å². The zero-order valence-corrected chi connectivity index (χ0v) is 6.04. The molecule has 2 saturated heterocycles. The quantitative estimate of drug-likeness (QED) is 0.568. The molecule has 2 aliphatic rings. The summed E-state index contributed by atoms with van der Waals surface area (Å²) in [7, 11) is 0. The van der Waals surface area contributed by atoms with Gasteiger partial charge in [-0.3, -0.25) is 0 Å². The molecule has 3 atom stereocenters. The van der Waals surface area contributed by atoms with Crippen molar-refractivity contribution in [3.8, 4) is 0 Å². The minimum absolute atomic E-state index is 0.148. The highest BCUT2D eigenvalue weighted by Crippen LogP contribution is 2.41. The van der Waals surface area contributed by atoms with E-state index in [2.05, 4.69) is 0 Å². The highest BCUT2D eigenvalue weighted by atomic mass is 16.7. The molecule has 0 aromatic carbocycles. The van der Waals surface area contributed by atoms with Crippen LogP contribution in [0, 0.1) is 5.92 Å². The number of aliphatic hydroxyl groups is 1. The van der Waals surface area contributed by atoms with Gasteiger partial charge >= 0.3 is 0 Å². The topological polar surface area (TPSA) is 38.7 Å². The second-order valence-electron chi connectivity index (χ2n) is 3.25. The van der Waals surface area contributed by atoms with Crippen molar-refractivity contribution >= 4 is 0 Å². The molecule has 0 amide bonds. The first-order valence-electron chi connectivity index (χ1n) is 3.66. The molecule has 2 heterocycles. The van der Waals surface area contributed by atoms with E-state index < -0.39 is 0 Å². The predicted octanol–water partition coefficient (Wildman–Crippen LogP) is 0.130. The van der Waals surface area contributed by atoms with Crippen molar-refractivity contribution in [2.75, 3.05) is 13.2 Å². The van der Waals surface area contributed by atoms with Gasteiger partial charge in [0.1, 0.15) is 0 Å². The molecular weight excluding hydrogens is 132 g/mol. The van der Waals surface area contributed by atoms with Crippen molar-refractivity contribution < 1.29 is 14.6 Å². The maximum atomic E-state index is 8.87. The second-order valence-corrected chi connectivity index (χ2v) is 3.25. The van der Waals surface area contributed by atoms with E-state index in [0.717, 1.165) is 6.42 Å². The number of fused-ring (bicyclic) bond motifs is 2. The van der Waals surface area contributed by atoms with Gasteiger partial charge in [-0.05, 0) is 6.92 Å². The highest BCUT2D eigenvalue weighted by Gasteiger charge is 2.49. The summed E-state index contributed by atoms with van der Waals surface area (Å²) in [5.74, 6) is -0.0725. The number of hydrogen-bond acceptors (Lipinski definition) is 3. The number of aliphatic hydroxyl groups excluding tert-OH is 1. The maximum absolute atomic E-state index is 8.87. The normalized spacial score (nSPS) is 52.2. The average molecular weight is 144 g/mol. The second kappa shape index (κ2) is 1.94. The molecule has 1 N–H and O–H groups in total. The molecule has 2 bridgehead atoms. The fourth-order valence-corrected chi connectivity index (χ4v) is 1.78. The summed E-state index contributed by atoms with van der Waals surface area (Å²) < 4.78 is 10.8. The Balaban J connectivity index is 2.10. The van der Waals surface area contributed by atoms with Crippen LogP contribution in [-0.2, 0) is 9.47 Å². The third-order valence-corrected chi connectivity index (χ3v) is 2.35. The Morgan fingerprint density at radius 2 is 2.50 bits per heavy atom. The zero-order chi connectivity index (χ0) is 7.19. The van der Waals surface area contributed by atoms with Crippen molar-refractivity contribution in [1.29, 1.82) is 0 Å². The van der Waals surface area contributed by atoms with E-state index in [1.54, 1.807) is 0 Å². The van der Waals surface area contributed by atoms with E-state index in [1.165, 1.54) is 0 Å². The molecule has 3 heteroatoms. The van der Waals surface area contributed by atoms with Crippen LogP contribution in [0.25, 0.3) is 0 Å². The molecule has 0 spiro atoms. The molecule has 0 saturated carbocycles. The fraction of sp³-hybridized carbons (Fsp3) is 1.00. The Labute approximate surface area is 59.9 Å². The number of ether oxygens (including phenoxy) is 2. The molecule has 3 nitrogen and oxygen atoms in total. The van der Waals surface area contributed by atoms with Gasteiger partial charge in [0, 0.05) is 18.9 Å². The SMILES string of the molecule is C[C@]12C[C@H](CO)[C@H](CO1)O2. The summed E-state index contributed by atoms with van der Waals surface area (Å²) in [5, 5.41) is 8.87. The third kappa shape index (κ3) is 0.779. The molecule has 0 unspecified atom stereocenters. The van der Waals surface area contributed by atoms with Crippen molar-refractivity contribution in [3.63, 3.8) is 0 Å². The summed E-state index contributed by atoms with van der Waals surface area (Å²) in [6, 6.07) is 0. The summed E-state index contributed by atoms with van der Waals surface area (Å²) in [5.41, 5.74) is 0. The van der Waals surface area contributed by atoms with Gasteiger partial charge in [-0.1, -0.05) is 0 Å². The van der Waals surface area contributed by atoms with Crippen molar-refractivity contribution in [2.24, 2.45) is 5.92 Å². The first-order valence-corrected chi connectivity index (χ1v) is 3.66. The van der Waals surface area contributed by atoms with Gasteiger partial charge < -0.3 is 14.6 Å². The molecular formula is C7H12O3. The van der Waals surface area contributed by atoms with Crippen LogP contribution in [-0.4, -0.2) is 30.2 Å². The minimum Gasteiger partial charge on any atom is -0.396 e. The summed E-state index contributed by atoms with van der Waals surface area (Å²) in [4.78, 5) is 0. The van der Waals surface area contributed by atoms with E-state index in [4.69, 9.17) is 14.6 Å². The van der Waals surface area contributed by atoms with E-state index in [0.29, 0.717) is 12.5 Å². The molecule has 2 rings (SSSR count). The van der Waals surface area contributed by atoms with Crippen LogP contribution in [0.2, 0.25) is 0 Å². The van der Waals surface area contributed by atoms with Crippen LogP contribution in [0.1, 0.15) is 13.3 Å². The van der Waals surface area contributed by atoms with Crippen LogP contribution in [0.3, 0.4) is 0 Å². The minimum atomic E-state index is -0.377. The van der Waals surface area contributed by atoms with Crippen molar-refractivity contribution in [1.82, 2.24) is 0 Å². The lowest BCUT2D eigenvalue weighted by Crippen LogP contribution is -2.29. The van der Waals surface area contributed by atoms with Gasteiger partial charge in [0.2, 0.25) is 0 Å². The zero-order valence-electron chi connectivity index (χ0n) is 6.04. The molecule has 58 valence electrons. The van der Waals surface area contributed by atoms with E-state index in [1.807, 2.05) is 6.92 Å². The van der Waals surface area contributed by atoms with Gasteiger partial charge in [-0.15, -0.1) is 0 Å². The van der Waals surface area contributed by atoms with E-state index in [9.17, 15) is 0 Å². The average Bonchev–Trinajstić information content (AvgIpc) is 2.41. The van der Waals surface area contributed by atoms with Crippen LogP contribution in [0.15, 0.2) is 0 Å². The van der Waals surface area contributed by atoms with E-state index in [-0.39, 0.29) is 18.5 Å². The van der Waals surface area contributed by atoms with Crippen LogP contribution in [0.5, 0.6) is 0 Å². The van der Waals surface area contributed by atoms with Crippen LogP contribution >= 0.6 is 0 Å². The highest BCUT2D eigenvalue weighted by molar-refractivity contribution is 4.90. The first-order chi connectivity index (χ1) is 4.73. The van der Waals surface area contributed by atoms with Crippen molar-refractivity contribution in [2.45, 2.75) is 25.2 Å². The van der Waals surface area contributed by atoms with Gasteiger partial charge in [0.25, 0.3) is 0 Å². The molecule has 0 radical (unpaired) electrons. The smallest absolute Gasteiger partial charge is 0.166 e. The number of hydrogen-bond donors (Lipinski definition) is 1. The lowest BCUT2D eigenvalue weighted by Gasteiger charge is -2.21. The van der Waals surface area contributed by atoms with Gasteiger partial charge in [-0.25, -0.2) is 0 Å². The molecule has 0 aliphatic carbocycles. The monoisotopic (exact) mass is 144 g/mol. The predicted molar refractivity (Wildman–Crippen MR) is 34.4 cm³/mol. The molecule has 10 heavy (non-hydrogen) atoms. The van der Waals surface area contributed by atoms with Crippen molar-refractivity contribution in [3.05, 3.63) is 0 Å². The Hall–Kier alpha value is -0.120. The molecule has 2 aliphatic heterocycles. The lowest BCUT2D eigenvalue weighted by molar-refractivity contribution is -0.129. The molecule has 0 aromatic rings. The fourth-order valence-electron chi connectivity index (χ4n) is 1.78. The Kier molecular flexibility index (Phi) is 1.27. The maximum Gasteiger partial charge on any atom is 0.166 e. The van der Waals surface area contributed by atoms with Crippen LogP contribution in [0.4, 0.5) is 0 Å². The largest absolute Gasteiger partial charge is 0.396 e. The van der Waals surface area contributed by atoms with Gasteiger partial charge in [-0.2, -0.15) is 0 Å². The number of rotatable bonds is 1. The standard InChI is InChI=1S/C7H12O3/c1-7-2-5(3-8)6(10-7)4-9-7/h5-6,8H,2-4H2,1H3/t5-,6+,7+/m1/s1. The Bertz CT molecular complexity index is 148. The Morgan fingerprint density at radius 1 is 1.70 bits per heavy atom. The summed E-state index contributed by atoms with van der Waals surface area (Å²) >= 11 is 0. The van der Waals surface area contributed by atoms with Crippen LogP contribution < -0.4 is 0 Å². The molecule has 2 fully saturated rings. The lowest BCUT2D eigenvalue weighted by atomic mass is 9.97. The van der Waals surface area contributed by atoms with E-state index >= 15 is 0 Å². The first kappa shape index (κ1) is 6.58.